The number of anilines is 2. The van der Waals surface area contributed by atoms with E-state index in [1.807, 2.05) is 6.92 Å². The van der Waals surface area contributed by atoms with Gasteiger partial charge >= 0.3 is 0 Å². The predicted octanol–water partition coefficient (Wildman–Crippen LogP) is 3.45. The van der Waals surface area contributed by atoms with Gasteiger partial charge in [0, 0.05) is 55.2 Å². The maximum atomic E-state index is 12.8. The molecule has 0 bridgehead atoms. The molecule has 0 spiro atoms. The largest absolute Gasteiger partial charge is 0.381 e. The van der Waals surface area contributed by atoms with E-state index in [0.29, 0.717) is 26.3 Å². The van der Waals surface area contributed by atoms with Crippen LogP contribution in [0.5, 0.6) is 0 Å². The third-order valence-corrected chi connectivity index (χ3v) is 8.47. The number of benzene rings is 2. The topological polar surface area (TPSA) is 153 Å². The zero-order valence-electron chi connectivity index (χ0n) is 23.0. The Balaban J connectivity index is 1.43. The number of Topliss-reactive ketones (excluding diaryl/α,β-unsaturated/α-hetero) is 3. The van der Waals surface area contributed by atoms with Crippen molar-refractivity contribution in [1.82, 2.24) is 14.9 Å². The first-order valence-corrected chi connectivity index (χ1v) is 14.1. The SMILES string of the molecule is CN(C)C(=O)C(=O)c1ccc(C(=O)C(=O)Cc2cccc(Sc3ncc(N4CCC(C)(N)CC4)nc3N)c2Cl)cc1. The summed E-state index contributed by atoms with van der Waals surface area (Å²) in [7, 11) is 2.95. The third kappa shape index (κ3) is 7.10. The lowest BCUT2D eigenvalue weighted by atomic mass is 9.91. The second-order valence-electron chi connectivity index (χ2n) is 10.4. The molecule has 1 aromatic heterocycles. The Bertz CT molecular complexity index is 1500. The standard InChI is InChI=1S/C29H31ClN6O4S/c1-29(32)11-13-36(14-12-29)22-16-33-27(26(31)34-22)41-21-6-4-5-19(23(21)30)15-20(37)24(38)17-7-9-18(10-8-17)25(39)28(40)35(2)3/h4-10,16H,11-15,32H2,1-3H3,(H2,31,34). The maximum absolute atomic E-state index is 12.8. The molecule has 0 aliphatic carbocycles. The number of ketones is 3. The van der Waals surface area contributed by atoms with Gasteiger partial charge in [0.2, 0.25) is 17.3 Å². The molecule has 0 unspecified atom stereocenters. The third-order valence-electron chi connectivity index (χ3n) is 6.84. The van der Waals surface area contributed by atoms with E-state index in [-0.39, 0.29) is 28.9 Å². The number of carbonyl (C=O) groups excluding carboxylic acids is 4. The Hall–Kier alpha value is -3.80. The Morgan fingerprint density at radius 3 is 2.22 bits per heavy atom. The first-order valence-electron chi connectivity index (χ1n) is 12.9. The summed E-state index contributed by atoms with van der Waals surface area (Å²) in [5.41, 5.74) is 13.0. The van der Waals surface area contributed by atoms with Gasteiger partial charge in [-0.1, -0.05) is 59.8 Å². The van der Waals surface area contributed by atoms with Crippen molar-refractivity contribution in [2.24, 2.45) is 5.73 Å². The summed E-state index contributed by atoms with van der Waals surface area (Å²) in [6.07, 6.45) is 3.14. The molecule has 12 heteroatoms. The Labute approximate surface area is 247 Å². The van der Waals surface area contributed by atoms with Gasteiger partial charge in [-0.05, 0) is 31.4 Å². The zero-order chi connectivity index (χ0) is 29.9. The fourth-order valence-corrected chi connectivity index (χ4v) is 5.39. The summed E-state index contributed by atoms with van der Waals surface area (Å²) in [5.74, 6) is -1.83. The molecule has 2 aromatic carbocycles. The van der Waals surface area contributed by atoms with Crippen LogP contribution in [-0.2, 0) is 16.0 Å². The van der Waals surface area contributed by atoms with E-state index >= 15 is 0 Å². The van der Waals surface area contributed by atoms with E-state index < -0.39 is 23.3 Å². The predicted molar refractivity (Wildman–Crippen MR) is 159 cm³/mol. The van der Waals surface area contributed by atoms with Crippen LogP contribution < -0.4 is 16.4 Å². The monoisotopic (exact) mass is 594 g/mol. The molecule has 1 aliphatic heterocycles. The van der Waals surface area contributed by atoms with Crippen LogP contribution in [-0.4, -0.2) is 70.8 Å². The van der Waals surface area contributed by atoms with Crippen LogP contribution in [0.25, 0.3) is 0 Å². The molecule has 0 atom stereocenters. The molecule has 0 radical (unpaired) electrons. The lowest BCUT2D eigenvalue weighted by Crippen LogP contribution is -2.48. The highest BCUT2D eigenvalue weighted by atomic mass is 35.5. The summed E-state index contributed by atoms with van der Waals surface area (Å²) in [4.78, 5) is 62.6. The number of hydrogen-bond donors (Lipinski definition) is 2. The van der Waals surface area contributed by atoms with Crippen molar-refractivity contribution in [3.63, 3.8) is 0 Å². The van der Waals surface area contributed by atoms with Crippen LogP contribution in [0.4, 0.5) is 11.6 Å². The van der Waals surface area contributed by atoms with Crippen molar-refractivity contribution in [3.05, 3.63) is 70.4 Å². The van der Waals surface area contributed by atoms with Gasteiger partial charge in [-0.2, -0.15) is 0 Å². The summed E-state index contributed by atoms with van der Waals surface area (Å²) < 4.78 is 0. The lowest BCUT2D eigenvalue weighted by molar-refractivity contribution is -0.124. The summed E-state index contributed by atoms with van der Waals surface area (Å²) in [6.45, 7) is 3.59. The van der Waals surface area contributed by atoms with Gasteiger partial charge in [0.25, 0.3) is 5.91 Å². The minimum Gasteiger partial charge on any atom is -0.381 e. The van der Waals surface area contributed by atoms with E-state index in [2.05, 4.69) is 14.9 Å². The second-order valence-corrected chi connectivity index (χ2v) is 11.8. The van der Waals surface area contributed by atoms with E-state index in [1.54, 1.807) is 24.4 Å². The molecule has 2 heterocycles. The molecular weight excluding hydrogens is 564 g/mol. The zero-order valence-corrected chi connectivity index (χ0v) is 24.6. The highest BCUT2D eigenvalue weighted by Crippen LogP contribution is 2.37. The maximum Gasteiger partial charge on any atom is 0.294 e. The van der Waals surface area contributed by atoms with Crippen molar-refractivity contribution >= 4 is 58.3 Å². The normalized spacial score (nSPS) is 14.4. The number of hydrogen-bond acceptors (Lipinski definition) is 10. The van der Waals surface area contributed by atoms with Crippen LogP contribution in [0.1, 0.15) is 46.0 Å². The van der Waals surface area contributed by atoms with E-state index in [9.17, 15) is 19.2 Å². The van der Waals surface area contributed by atoms with Crippen molar-refractivity contribution in [3.8, 4) is 0 Å². The van der Waals surface area contributed by atoms with Crippen LogP contribution in [0.2, 0.25) is 5.02 Å². The Morgan fingerprint density at radius 1 is 1.02 bits per heavy atom. The van der Waals surface area contributed by atoms with E-state index in [0.717, 1.165) is 25.9 Å². The Kier molecular flexibility index (Phi) is 9.11. The molecule has 1 aliphatic rings. The number of nitrogen functional groups attached to an aromatic ring is 1. The summed E-state index contributed by atoms with van der Waals surface area (Å²) in [5, 5.41) is 0.781. The lowest BCUT2D eigenvalue weighted by Gasteiger charge is -2.37. The molecule has 10 nitrogen and oxygen atoms in total. The molecule has 4 rings (SSSR count). The first kappa shape index (κ1) is 30.2. The molecular formula is C29H31ClN6O4S. The Morgan fingerprint density at radius 2 is 1.63 bits per heavy atom. The number of aromatic nitrogens is 2. The van der Waals surface area contributed by atoms with Crippen LogP contribution in [0.15, 0.2) is 58.6 Å². The number of nitrogens with two attached hydrogens (primary N) is 2. The van der Waals surface area contributed by atoms with Gasteiger partial charge < -0.3 is 21.3 Å². The fraction of sp³-hybridized carbons (Fsp3) is 0.310. The van der Waals surface area contributed by atoms with Gasteiger partial charge in [0.05, 0.1) is 11.2 Å². The number of halogens is 1. The van der Waals surface area contributed by atoms with Crippen molar-refractivity contribution in [2.75, 3.05) is 37.8 Å². The first-order chi connectivity index (χ1) is 19.4. The van der Waals surface area contributed by atoms with Crippen molar-refractivity contribution in [1.29, 1.82) is 0 Å². The highest BCUT2D eigenvalue weighted by Gasteiger charge is 2.27. The van der Waals surface area contributed by atoms with Crippen molar-refractivity contribution in [2.45, 2.75) is 41.6 Å². The van der Waals surface area contributed by atoms with Crippen LogP contribution in [0.3, 0.4) is 0 Å². The van der Waals surface area contributed by atoms with Gasteiger partial charge in [-0.3, -0.25) is 19.2 Å². The molecule has 3 aromatic rings. The fourth-order valence-electron chi connectivity index (χ4n) is 4.25. The van der Waals surface area contributed by atoms with Gasteiger partial charge in [-0.15, -0.1) is 0 Å². The summed E-state index contributed by atoms with van der Waals surface area (Å²) >= 11 is 7.85. The minimum atomic E-state index is -0.726. The quantitative estimate of drug-likeness (QED) is 0.278. The number of piperidine rings is 1. The molecule has 1 saturated heterocycles. The molecule has 214 valence electrons. The number of nitrogens with zero attached hydrogens (tertiary/aromatic N) is 4. The smallest absolute Gasteiger partial charge is 0.294 e. The second kappa shape index (κ2) is 12.4. The number of likely N-dealkylation sites (N-methyl/N-ethyl adjacent to an activating group) is 1. The number of amides is 1. The highest BCUT2D eigenvalue weighted by molar-refractivity contribution is 7.99. The molecule has 0 saturated carbocycles. The van der Waals surface area contributed by atoms with Gasteiger partial charge in [0.15, 0.2) is 5.82 Å². The van der Waals surface area contributed by atoms with Crippen LogP contribution >= 0.6 is 23.4 Å². The number of rotatable bonds is 9. The molecule has 1 fully saturated rings. The minimum absolute atomic E-state index is 0.110. The van der Waals surface area contributed by atoms with Gasteiger partial charge in [0.1, 0.15) is 10.8 Å². The average molecular weight is 595 g/mol. The summed E-state index contributed by atoms with van der Waals surface area (Å²) in [6, 6.07) is 10.6. The van der Waals surface area contributed by atoms with E-state index in [4.69, 9.17) is 23.1 Å². The van der Waals surface area contributed by atoms with E-state index in [1.165, 1.54) is 55.0 Å². The number of carbonyl (C=O) groups is 4. The van der Waals surface area contributed by atoms with Crippen LogP contribution in [0, 0.1) is 0 Å². The average Bonchev–Trinajstić information content (AvgIpc) is 2.95. The van der Waals surface area contributed by atoms with Gasteiger partial charge in [-0.25, -0.2) is 9.97 Å². The molecule has 1 amide bonds. The van der Waals surface area contributed by atoms with Crippen molar-refractivity contribution < 1.29 is 19.2 Å². The molecule has 41 heavy (non-hydrogen) atoms. The molecule has 4 N–H and O–H groups in total.